The molecular formula is C13H30N2. The maximum Gasteiger partial charge on any atom is 0.0162 e. The SMILES string of the molecule is CCCCCC(C)(C)CNCC(N)CC. The van der Waals surface area contributed by atoms with Crippen molar-refractivity contribution in [3.05, 3.63) is 0 Å². The van der Waals surface area contributed by atoms with E-state index in [0.717, 1.165) is 19.5 Å². The Kier molecular flexibility index (Phi) is 8.07. The van der Waals surface area contributed by atoms with Gasteiger partial charge in [0.25, 0.3) is 0 Å². The van der Waals surface area contributed by atoms with Gasteiger partial charge in [-0.25, -0.2) is 0 Å². The summed E-state index contributed by atoms with van der Waals surface area (Å²) in [7, 11) is 0. The minimum Gasteiger partial charge on any atom is -0.327 e. The maximum absolute atomic E-state index is 5.86. The Balaban J connectivity index is 3.54. The van der Waals surface area contributed by atoms with Crippen LogP contribution in [0.15, 0.2) is 0 Å². The molecule has 15 heavy (non-hydrogen) atoms. The van der Waals surface area contributed by atoms with Gasteiger partial charge in [0.15, 0.2) is 0 Å². The summed E-state index contributed by atoms with van der Waals surface area (Å²) in [5.41, 5.74) is 6.28. The highest BCUT2D eigenvalue weighted by Crippen LogP contribution is 2.22. The second-order valence-electron chi connectivity index (χ2n) is 5.42. The maximum atomic E-state index is 5.86. The smallest absolute Gasteiger partial charge is 0.0162 e. The average Bonchev–Trinajstić information content (AvgIpc) is 2.17. The van der Waals surface area contributed by atoms with Crippen LogP contribution in [-0.2, 0) is 0 Å². The molecule has 2 heteroatoms. The summed E-state index contributed by atoms with van der Waals surface area (Å²) < 4.78 is 0. The molecule has 0 aromatic heterocycles. The lowest BCUT2D eigenvalue weighted by molar-refractivity contribution is 0.299. The van der Waals surface area contributed by atoms with Gasteiger partial charge >= 0.3 is 0 Å². The first-order valence-corrected chi connectivity index (χ1v) is 6.48. The summed E-state index contributed by atoms with van der Waals surface area (Å²) in [6.07, 6.45) is 6.39. The van der Waals surface area contributed by atoms with Gasteiger partial charge in [-0.2, -0.15) is 0 Å². The summed E-state index contributed by atoms with van der Waals surface area (Å²) in [4.78, 5) is 0. The van der Waals surface area contributed by atoms with E-state index in [2.05, 4.69) is 33.0 Å². The van der Waals surface area contributed by atoms with Crippen molar-refractivity contribution in [2.24, 2.45) is 11.1 Å². The minimum absolute atomic E-state index is 0.316. The molecule has 0 saturated carbocycles. The second kappa shape index (κ2) is 8.12. The summed E-state index contributed by atoms with van der Waals surface area (Å²) in [6.45, 7) is 11.1. The molecule has 1 atom stereocenters. The van der Waals surface area contributed by atoms with Crippen molar-refractivity contribution in [3.63, 3.8) is 0 Å². The summed E-state index contributed by atoms with van der Waals surface area (Å²) >= 11 is 0. The summed E-state index contributed by atoms with van der Waals surface area (Å²) in [6, 6.07) is 0.316. The van der Waals surface area contributed by atoms with Crippen molar-refractivity contribution in [3.8, 4) is 0 Å². The van der Waals surface area contributed by atoms with E-state index in [1.807, 2.05) is 0 Å². The van der Waals surface area contributed by atoms with Crippen LogP contribution in [0.5, 0.6) is 0 Å². The summed E-state index contributed by atoms with van der Waals surface area (Å²) in [5, 5.41) is 3.48. The fourth-order valence-electron chi connectivity index (χ4n) is 1.68. The molecule has 0 aromatic carbocycles. The van der Waals surface area contributed by atoms with E-state index in [9.17, 15) is 0 Å². The van der Waals surface area contributed by atoms with E-state index >= 15 is 0 Å². The average molecular weight is 214 g/mol. The first-order valence-electron chi connectivity index (χ1n) is 6.48. The Morgan fingerprint density at radius 1 is 1.20 bits per heavy atom. The van der Waals surface area contributed by atoms with Gasteiger partial charge in [0.05, 0.1) is 0 Å². The summed E-state index contributed by atoms with van der Waals surface area (Å²) in [5.74, 6) is 0. The first kappa shape index (κ1) is 14.9. The lowest BCUT2D eigenvalue weighted by atomic mass is 9.87. The Hall–Kier alpha value is -0.0800. The van der Waals surface area contributed by atoms with Crippen molar-refractivity contribution in [1.82, 2.24) is 5.32 Å². The van der Waals surface area contributed by atoms with Crippen LogP contribution in [0, 0.1) is 5.41 Å². The minimum atomic E-state index is 0.316. The first-order chi connectivity index (χ1) is 7.02. The molecule has 2 nitrogen and oxygen atoms in total. The van der Waals surface area contributed by atoms with Crippen LogP contribution in [0.3, 0.4) is 0 Å². The van der Waals surface area contributed by atoms with E-state index in [-0.39, 0.29) is 0 Å². The van der Waals surface area contributed by atoms with Crippen molar-refractivity contribution in [2.45, 2.75) is 65.8 Å². The zero-order valence-electron chi connectivity index (χ0n) is 11.1. The molecule has 0 rings (SSSR count). The van der Waals surface area contributed by atoms with E-state index in [4.69, 9.17) is 5.73 Å². The molecule has 1 unspecified atom stereocenters. The number of nitrogens with one attached hydrogen (secondary N) is 1. The zero-order chi connectivity index (χ0) is 11.7. The van der Waals surface area contributed by atoms with Gasteiger partial charge in [0.1, 0.15) is 0 Å². The van der Waals surface area contributed by atoms with Crippen LogP contribution in [0.2, 0.25) is 0 Å². The molecule has 0 aliphatic heterocycles. The second-order valence-corrected chi connectivity index (χ2v) is 5.42. The van der Waals surface area contributed by atoms with Gasteiger partial charge in [-0.1, -0.05) is 47.0 Å². The molecule has 0 radical (unpaired) electrons. The van der Waals surface area contributed by atoms with E-state index in [0.29, 0.717) is 11.5 Å². The predicted octanol–water partition coefficient (Wildman–Crippen LogP) is 2.92. The number of nitrogens with two attached hydrogens (primary N) is 1. The normalized spacial score (nSPS) is 14.2. The Bertz CT molecular complexity index is 143. The Morgan fingerprint density at radius 3 is 2.40 bits per heavy atom. The third kappa shape index (κ3) is 8.88. The van der Waals surface area contributed by atoms with Crippen molar-refractivity contribution in [1.29, 1.82) is 0 Å². The van der Waals surface area contributed by atoms with E-state index in [1.165, 1.54) is 25.7 Å². The standard InChI is InChI=1S/C13H30N2/c1-5-7-8-9-13(3,4)11-15-10-12(14)6-2/h12,15H,5-11,14H2,1-4H3. The van der Waals surface area contributed by atoms with Crippen LogP contribution in [0.25, 0.3) is 0 Å². The monoisotopic (exact) mass is 214 g/mol. The molecule has 0 bridgehead atoms. The van der Waals surface area contributed by atoms with Crippen molar-refractivity contribution in [2.75, 3.05) is 13.1 Å². The van der Waals surface area contributed by atoms with Gasteiger partial charge in [-0.3, -0.25) is 0 Å². The zero-order valence-corrected chi connectivity index (χ0v) is 11.1. The van der Waals surface area contributed by atoms with Crippen LogP contribution in [0.4, 0.5) is 0 Å². The number of unbranched alkanes of at least 4 members (excludes halogenated alkanes) is 2. The molecule has 92 valence electrons. The highest BCUT2D eigenvalue weighted by molar-refractivity contribution is 4.73. The molecule has 0 aliphatic carbocycles. The quantitative estimate of drug-likeness (QED) is 0.579. The van der Waals surface area contributed by atoms with Gasteiger partial charge < -0.3 is 11.1 Å². The van der Waals surface area contributed by atoms with Gasteiger partial charge in [0.2, 0.25) is 0 Å². The molecule has 3 N–H and O–H groups in total. The molecule has 0 aliphatic rings. The molecular weight excluding hydrogens is 184 g/mol. The van der Waals surface area contributed by atoms with Gasteiger partial charge in [0, 0.05) is 19.1 Å². The van der Waals surface area contributed by atoms with Gasteiger partial charge in [-0.15, -0.1) is 0 Å². The molecule has 0 aromatic rings. The Morgan fingerprint density at radius 2 is 1.87 bits per heavy atom. The third-order valence-electron chi connectivity index (χ3n) is 2.99. The number of hydrogen-bond donors (Lipinski definition) is 2. The van der Waals surface area contributed by atoms with Crippen LogP contribution < -0.4 is 11.1 Å². The fourth-order valence-corrected chi connectivity index (χ4v) is 1.68. The topological polar surface area (TPSA) is 38.0 Å². The molecule has 0 fully saturated rings. The van der Waals surface area contributed by atoms with Gasteiger partial charge in [-0.05, 0) is 18.3 Å². The highest BCUT2D eigenvalue weighted by atomic mass is 14.9. The van der Waals surface area contributed by atoms with Crippen LogP contribution >= 0.6 is 0 Å². The molecule has 0 saturated heterocycles. The lowest BCUT2D eigenvalue weighted by Gasteiger charge is -2.25. The molecule has 0 heterocycles. The van der Waals surface area contributed by atoms with E-state index < -0.39 is 0 Å². The number of hydrogen-bond acceptors (Lipinski definition) is 2. The number of rotatable bonds is 9. The van der Waals surface area contributed by atoms with E-state index in [1.54, 1.807) is 0 Å². The highest BCUT2D eigenvalue weighted by Gasteiger charge is 2.16. The Labute approximate surface area is 96.0 Å². The largest absolute Gasteiger partial charge is 0.327 e. The lowest BCUT2D eigenvalue weighted by Crippen LogP contribution is -2.38. The fraction of sp³-hybridized carbons (Fsp3) is 1.00. The van der Waals surface area contributed by atoms with Crippen LogP contribution in [0.1, 0.15) is 59.8 Å². The predicted molar refractivity (Wildman–Crippen MR) is 69.1 cm³/mol. The van der Waals surface area contributed by atoms with Crippen LogP contribution in [-0.4, -0.2) is 19.1 Å². The van der Waals surface area contributed by atoms with Crippen molar-refractivity contribution < 1.29 is 0 Å². The van der Waals surface area contributed by atoms with Crippen molar-refractivity contribution >= 4 is 0 Å². The third-order valence-corrected chi connectivity index (χ3v) is 2.99. The molecule has 0 amide bonds. The molecule has 0 spiro atoms.